The fraction of sp³-hybridized carbons (Fsp3) is 0.250. The van der Waals surface area contributed by atoms with Gasteiger partial charge in [-0.05, 0) is 16.7 Å². The van der Waals surface area contributed by atoms with Crippen LogP contribution >= 0.6 is 47.8 Å². The van der Waals surface area contributed by atoms with Crippen molar-refractivity contribution in [1.82, 2.24) is 0 Å². The van der Waals surface area contributed by atoms with Gasteiger partial charge >= 0.3 is 0 Å². The zero-order valence-electron chi connectivity index (χ0n) is 10.6. The molecule has 0 radical (unpaired) electrons. The Bertz CT molecular complexity index is 501. The summed E-state index contributed by atoms with van der Waals surface area (Å²) in [5, 5.41) is 0. The molecule has 0 saturated heterocycles. The summed E-state index contributed by atoms with van der Waals surface area (Å²) in [6.45, 7) is 0. The van der Waals surface area contributed by atoms with Crippen LogP contribution in [0.1, 0.15) is 31.2 Å². The first-order valence-electron chi connectivity index (χ1n) is 5.60. The first kappa shape index (κ1) is 18.1. The number of primary amides is 3. The van der Waals surface area contributed by atoms with Gasteiger partial charge in [-0.1, -0.05) is 66.0 Å². The fourth-order valence-electron chi connectivity index (χ4n) is 1.63. The second kappa shape index (κ2) is 7.37. The lowest BCUT2D eigenvalue weighted by Crippen LogP contribution is -2.21. The van der Waals surface area contributed by atoms with E-state index in [0.717, 1.165) is 0 Å². The van der Waals surface area contributed by atoms with Gasteiger partial charge in [-0.3, -0.25) is 14.4 Å². The molecular formula is C12H12Br3N3O3. The van der Waals surface area contributed by atoms with E-state index in [-0.39, 0.29) is 0 Å². The summed E-state index contributed by atoms with van der Waals surface area (Å²) in [4.78, 5) is 31.6. The highest BCUT2D eigenvalue weighted by Gasteiger charge is 2.23. The van der Waals surface area contributed by atoms with Gasteiger partial charge in [0.25, 0.3) is 0 Å². The fourth-order valence-corrected chi connectivity index (χ4v) is 2.43. The molecule has 1 aromatic rings. The third kappa shape index (κ3) is 4.52. The maximum Gasteiger partial charge on any atom is 0.235 e. The summed E-state index contributed by atoms with van der Waals surface area (Å²) >= 11 is 9.46. The van der Waals surface area contributed by atoms with E-state index >= 15 is 0 Å². The average Bonchev–Trinajstić information content (AvgIpc) is 2.43. The molecule has 0 fully saturated rings. The first-order chi connectivity index (χ1) is 9.65. The SMILES string of the molecule is NC(=O)C(Br)c1cc(C(Br)C(N)=O)cc(C(Br)C(N)=O)c1. The van der Waals surface area contributed by atoms with Crippen molar-refractivity contribution < 1.29 is 14.4 Å². The van der Waals surface area contributed by atoms with Crippen molar-refractivity contribution in [2.75, 3.05) is 0 Å². The quantitative estimate of drug-likeness (QED) is 0.527. The number of hydrogen-bond donors (Lipinski definition) is 3. The highest BCUT2D eigenvalue weighted by Crippen LogP contribution is 2.33. The van der Waals surface area contributed by atoms with E-state index in [1.807, 2.05) is 0 Å². The van der Waals surface area contributed by atoms with Crippen LogP contribution in [0.4, 0.5) is 0 Å². The first-order valence-corrected chi connectivity index (χ1v) is 8.34. The van der Waals surface area contributed by atoms with E-state index in [1.54, 1.807) is 18.2 Å². The Hall–Kier alpha value is -0.930. The molecule has 6 N–H and O–H groups in total. The maximum atomic E-state index is 11.3. The van der Waals surface area contributed by atoms with E-state index in [0.29, 0.717) is 16.7 Å². The van der Waals surface area contributed by atoms with Crippen LogP contribution in [0.5, 0.6) is 0 Å². The largest absolute Gasteiger partial charge is 0.368 e. The van der Waals surface area contributed by atoms with E-state index in [2.05, 4.69) is 47.8 Å². The Kier molecular flexibility index (Phi) is 6.36. The number of alkyl halides is 3. The third-order valence-electron chi connectivity index (χ3n) is 2.63. The van der Waals surface area contributed by atoms with Crippen molar-refractivity contribution in [3.63, 3.8) is 0 Å². The molecule has 0 heterocycles. The van der Waals surface area contributed by atoms with Crippen LogP contribution in [0.2, 0.25) is 0 Å². The van der Waals surface area contributed by atoms with Gasteiger partial charge in [-0.15, -0.1) is 0 Å². The number of carbonyl (C=O) groups excluding carboxylic acids is 3. The van der Waals surface area contributed by atoms with Crippen LogP contribution in [0.25, 0.3) is 0 Å². The summed E-state index contributed by atoms with van der Waals surface area (Å²) in [5.41, 5.74) is 17.2. The Morgan fingerprint density at radius 1 is 0.667 bits per heavy atom. The van der Waals surface area contributed by atoms with E-state index in [9.17, 15) is 14.4 Å². The topological polar surface area (TPSA) is 129 Å². The van der Waals surface area contributed by atoms with Crippen molar-refractivity contribution in [3.8, 4) is 0 Å². The summed E-state index contributed by atoms with van der Waals surface area (Å²) in [6, 6.07) is 4.79. The molecule has 1 aromatic carbocycles. The molecule has 6 nitrogen and oxygen atoms in total. The van der Waals surface area contributed by atoms with Gasteiger partial charge in [-0.25, -0.2) is 0 Å². The molecule has 3 unspecified atom stereocenters. The lowest BCUT2D eigenvalue weighted by molar-refractivity contribution is -0.118. The molecule has 0 saturated carbocycles. The highest BCUT2D eigenvalue weighted by molar-refractivity contribution is 9.10. The third-order valence-corrected chi connectivity index (χ3v) is 5.57. The normalized spacial score (nSPS) is 15.0. The number of halogens is 3. The molecule has 0 aliphatic carbocycles. The van der Waals surface area contributed by atoms with E-state index < -0.39 is 32.2 Å². The summed E-state index contributed by atoms with van der Waals surface area (Å²) in [6.07, 6.45) is 0. The van der Waals surface area contributed by atoms with Crippen LogP contribution in [0, 0.1) is 0 Å². The smallest absolute Gasteiger partial charge is 0.235 e. The molecule has 114 valence electrons. The van der Waals surface area contributed by atoms with Crippen LogP contribution in [0.3, 0.4) is 0 Å². The van der Waals surface area contributed by atoms with Gasteiger partial charge in [0, 0.05) is 0 Å². The molecule has 0 spiro atoms. The minimum atomic E-state index is -0.767. The lowest BCUT2D eigenvalue weighted by atomic mass is 9.99. The number of rotatable bonds is 6. The average molecular weight is 486 g/mol. The highest BCUT2D eigenvalue weighted by atomic mass is 79.9. The maximum absolute atomic E-state index is 11.3. The van der Waals surface area contributed by atoms with Crippen molar-refractivity contribution in [2.24, 2.45) is 17.2 Å². The van der Waals surface area contributed by atoms with Crippen molar-refractivity contribution >= 4 is 65.5 Å². The van der Waals surface area contributed by atoms with Crippen molar-refractivity contribution in [2.45, 2.75) is 14.5 Å². The molecular weight excluding hydrogens is 474 g/mol. The van der Waals surface area contributed by atoms with Gasteiger partial charge in [-0.2, -0.15) is 0 Å². The summed E-state index contributed by atoms with van der Waals surface area (Å²) in [5.74, 6) is -1.81. The lowest BCUT2D eigenvalue weighted by Gasteiger charge is -2.16. The minimum Gasteiger partial charge on any atom is -0.368 e. The van der Waals surface area contributed by atoms with Crippen molar-refractivity contribution in [1.29, 1.82) is 0 Å². The van der Waals surface area contributed by atoms with Gasteiger partial charge in [0.2, 0.25) is 17.7 Å². The molecule has 0 aliphatic rings. The molecule has 0 aliphatic heterocycles. The molecule has 0 bridgehead atoms. The second-order valence-electron chi connectivity index (χ2n) is 4.23. The summed E-state index contributed by atoms with van der Waals surface area (Å²) in [7, 11) is 0. The molecule has 21 heavy (non-hydrogen) atoms. The predicted molar refractivity (Wildman–Crippen MR) is 89.0 cm³/mol. The van der Waals surface area contributed by atoms with Crippen LogP contribution in [-0.4, -0.2) is 17.7 Å². The number of carbonyl (C=O) groups is 3. The van der Waals surface area contributed by atoms with Gasteiger partial charge in [0.05, 0.1) is 0 Å². The van der Waals surface area contributed by atoms with Gasteiger partial charge in [0.15, 0.2) is 0 Å². The minimum absolute atomic E-state index is 0.492. The number of nitrogens with two attached hydrogens (primary N) is 3. The van der Waals surface area contributed by atoms with Crippen molar-refractivity contribution in [3.05, 3.63) is 34.9 Å². The molecule has 1 rings (SSSR count). The molecule has 3 atom stereocenters. The molecule has 9 heteroatoms. The molecule has 0 aromatic heterocycles. The Morgan fingerprint density at radius 2 is 0.857 bits per heavy atom. The van der Waals surface area contributed by atoms with Gasteiger partial charge in [0.1, 0.15) is 14.5 Å². The van der Waals surface area contributed by atoms with E-state index in [1.165, 1.54) is 0 Å². The number of amides is 3. The second-order valence-corrected chi connectivity index (χ2v) is 6.97. The zero-order chi connectivity index (χ0) is 16.3. The Balaban J connectivity index is 3.42. The van der Waals surface area contributed by atoms with Crippen LogP contribution in [0.15, 0.2) is 18.2 Å². The number of benzene rings is 1. The summed E-state index contributed by atoms with van der Waals surface area (Å²) < 4.78 is 0. The van der Waals surface area contributed by atoms with Gasteiger partial charge < -0.3 is 17.2 Å². The monoisotopic (exact) mass is 483 g/mol. The number of hydrogen-bond acceptors (Lipinski definition) is 3. The standard InChI is InChI=1S/C12H12Br3N3O3/c13-7(10(16)19)4-1-5(8(14)11(17)20)3-6(2-4)9(15)12(18)21/h1-3,7-9H,(H2,16,19)(H2,17,20)(H2,18,21). The Labute approximate surface area is 146 Å². The van der Waals surface area contributed by atoms with Crippen LogP contribution < -0.4 is 17.2 Å². The zero-order valence-corrected chi connectivity index (χ0v) is 15.3. The molecule has 3 amide bonds. The Morgan fingerprint density at radius 3 is 1.00 bits per heavy atom. The van der Waals surface area contributed by atoms with E-state index in [4.69, 9.17) is 17.2 Å². The van der Waals surface area contributed by atoms with Crippen LogP contribution in [-0.2, 0) is 14.4 Å². The predicted octanol–water partition coefficient (Wildman–Crippen LogP) is 1.45.